The third-order valence-corrected chi connectivity index (χ3v) is 3.70. The molecule has 0 spiro atoms. The Hall–Kier alpha value is -1.36. The zero-order chi connectivity index (χ0) is 13.1. The number of aryl methyl sites for hydroxylation is 1. The Balaban J connectivity index is 2.32. The van der Waals surface area contributed by atoms with Crippen molar-refractivity contribution < 1.29 is 5.11 Å². The van der Waals surface area contributed by atoms with Crippen molar-refractivity contribution in [2.24, 2.45) is 5.92 Å². The number of aromatic nitrogens is 2. The van der Waals surface area contributed by atoms with E-state index in [2.05, 4.69) is 34.0 Å². The summed E-state index contributed by atoms with van der Waals surface area (Å²) in [7, 11) is 1.86. The first-order chi connectivity index (χ1) is 8.69. The maximum absolute atomic E-state index is 9.52. The molecule has 2 heterocycles. The molecule has 2 atom stereocenters. The smallest absolute Gasteiger partial charge is 0.134 e. The zero-order valence-corrected chi connectivity index (χ0v) is 11.3. The molecule has 1 saturated heterocycles. The molecule has 0 aromatic carbocycles. The van der Waals surface area contributed by atoms with Gasteiger partial charge in [0.05, 0.1) is 12.6 Å². The van der Waals surface area contributed by atoms with E-state index in [-0.39, 0.29) is 12.6 Å². The molecule has 0 amide bonds. The molecular formula is C13H22N4O. The number of nitrogens with zero attached hydrogens (tertiary/aromatic N) is 3. The largest absolute Gasteiger partial charge is 0.394 e. The van der Waals surface area contributed by atoms with Gasteiger partial charge in [-0.25, -0.2) is 9.97 Å². The van der Waals surface area contributed by atoms with Gasteiger partial charge >= 0.3 is 0 Å². The Morgan fingerprint density at radius 2 is 2.28 bits per heavy atom. The van der Waals surface area contributed by atoms with Crippen molar-refractivity contribution in [1.29, 1.82) is 0 Å². The summed E-state index contributed by atoms with van der Waals surface area (Å²) in [4.78, 5) is 11.2. The van der Waals surface area contributed by atoms with Crippen LogP contribution >= 0.6 is 0 Å². The fourth-order valence-electron chi connectivity index (χ4n) is 2.49. The Bertz CT molecular complexity index is 388. The van der Waals surface area contributed by atoms with Crippen LogP contribution in [0.2, 0.25) is 0 Å². The first-order valence-electron chi connectivity index (χ1n) is 6.62. The number of anilines is 2. The monoisotopic (exact) mass is 250 g/mol. The molecule has 1 aliphatic heterocycles. The van der Waals surface area contributed by atoms with Crippen LogP contribution in [0.1, 0.15) is 26.1 Å². The quantitative estimate of drug-likeness (QED) is 0.843. The number of aliphatic hydroxyl groups excluding tert-OH is 1. The van der Waals surface area contributed by atoms with Crippen molar-refractivity contribution >= 4 is 11.6 Å². The van der Waals surface area contributed by atoms with Crippen LogP contribution in [0, 0.1) is 5.92 Å². The minimum atomic E-state index is 0.175. The number of aliphatic hydroxyl groups is 1. The van der Waals surface area contributed by atoms with Gasteiger partial charge in [-0.15, -0.1) is 0 Å². The van der Waals surface area contributed by atoms with E-state index in [0.29, 0.717) is 5.92 Å². The van der Waals surface area contributed by atoms with Crippen LogP contribution in [0.25, 0.3) is 0 Å². The number of nitrogens with one attached hydrogen (secondary N) is 1. The van der Waals surface area contributed by atoms with Gasteiger partial charge < -0.3 is 15.3 Å². The minimum Gasteiger partial charge on any atom is -0.394 e. The third kappa shape index (κ3) is 2.41. The maximum atomic E-state index is 9.52. The van der Waals surface area contributed by atoms with E-state index in [9.17, 15) is 5.11 Å². The first kappa shape index (κ1) is 13.1. The molecular weight excluding hydrogens is 228 g/mol. The van der Waals surface area contributed by atoms with E-state index >= 15 is 0 Å². The van der Waals surface area contributed by atoms with E-state index in [1.54, 1.807) is 0 Å². The highest BCUT2D eigenvalue weighted by Gasteiger charge is 2.31. The van der Waals surface area contributed by atoms with Gasteiger partial charge in [-0.2, -0.15) is 0 Å². The van der Waals surface area contributed by atoms with E-state index in [1.165, 1.54) is 0 Å². The topological polar surface area (TPSA) is 61.3 Å². The Morgan fingerprint density at radius 1 is 1.50 bits per heavy atom. The van der Waals surface area contributed by atoms with Gasteiger partial charge in [-0.3, -0.25) is 0 Å². The average molecular weight is 250 g/mol. The number of hydrogen-bond acceptors (Lipinski definition) is 5. The number of rotatable bonds is 4. The lowest BCUT2D eigenvalue weighted by atomic mass is 10.0. The SMILES string of the molecule is CCc1nc(NC)cc(N2CCC(C)C2CO)n1. The summed E-state index contributed by atoms with van der Waals surface area (Å²) >= 11 is 0. The predicted octanol–water partition coefficient (Wildman–Crippen LogP) is 1.29. The molecule has 0 radical (unpaired) electrons. The van der Waals surface area contributed by atoms with Gasteiger partial charge in [-0.05, 0) is 12.3 Å². The molecule has 2 unspecified atom stereocenters. The van der Waals surface area contributed by atoms with Crippen LogP contribution in [0.15, 0.2) is 6.07 Å². The van der Waals surface area contributed by atoms with E-state index in [4.69, 9.17) is 0 Å². The van der Waals surface area contributed by atoms with Crippen LogP contribution < -0.4 is 10.2 Å². The maximum Gasteiger partial charge on any atom is 0.134 e. The molecule has 5 heteroatoms. The molecule has 18 heavy (non-hydrogen) atoms. The lowest BCUT2D eigenvalue weighted by molar-refractivity contribution is 0.244. The minimum absolute atomic E-state index is 0.175. The summed E-state index contributed by atoms with van der Waals surface area (Å²) < 4.78 is 0. The van der Waals surface area contributed by atoms with Crippen LogP contribution in [0.5, 0.6) is 0 Å². The molecule has 2 rings (SSSR count). The summed E-state index contributed by atoms with van der Waals surface area (Å²) in [5.41, 5.74) is 0. The lowest BCUT2D eigenvalue weighted by Gasteiger charge is -2.26. The summed E-state index contributed by atoms with van der Waals surface area (Å²) in [6.45, 7) is 5.37. The van der Waals surface area contributed by atoms with Crippen molar-refractivity contribution in [2.45, 2.75) is 32.7 Å². The fraction of sp³-hybridized carbons (Fsp3) is 0.692. The second kappa shape index (κ2) is 5.52. The van der Waals surface area contributed by atoms with Crippen LogP contribution in [0.3, 0.4) is 0 Å². The summed E-state index contributed by atoms with van der Waals surface area (Å²) in [6.07, 6.45) is 1.92. The van der Waals surface area contributed by atoms with Gasteiger partial charge in [0, 0.05) is 26.1 Å². The molecule has 1 aromatic heterocycles. The van der Waals surface area contributed by atoms with E-state index in [0.717, 1.165) is 36.8 Å². The van der Waals surface area contributed by atoms with Gasteiger partial charge in [0.25, 0.3) is 0 Å². The average Bonchev–Trinajstić information content (AvgIpc) is 2.79. The van der Waals surface area contributed by atoms with Crippen molar-refractivity contribution in [3.8, 4) is 0 Å². The Labute approximate surface area is 108 Å². The third-order valence-electron chi connectivity index (χ3n) is 3.70. The Kier molecular flexibility index (Phi) is 4.01. The van der Waals surface area contributed by atoms with Gasteiger partial charge in [0.1, 0.15) is 17.5 Å². The molecule has 2 N–H and O–H groups in total. The zero-order valence-electron chi connectivity index (χ0n) is 11.3. The van der Waals surface area contributed by atoms with Crippen molar-refractivity contribution in [3.05, 3.63) is 11.9 Å². The summed E-state index contributed by atoms with van der Waals surface area (Å²) in [5, 5.41) is 12.6. The standard InChI is InChI=1S/C13H22N4O/c1-4-11-15-12(14-3)7-13(16-11)17-6-5-9(2)10(17)8-18/h7,9-10,18H,4-6,8H2,1-3H3,(H,14,15,16). The fourth-order valence-corrected chi connectivity index (χ4v) is 2.49. The molecule has 1 aliphatic rings. The molecule has 0 saturated carbocycles. The highest BCUT2D eigenvalue weighted by molar-refractivity contribution is 5.50. The lowest BCUT2D eigenvalue weighted by Crippen LogP contribution is -2.36. The van der Waals surface area contributed by atoms with E-state index < -0.39 is 0 Å². The highest BCUT2D eigenvalue weighted by atomic mass is 16.3. The summed E-state index contributed by atoms with van der Waals surface area (Å²) in [6, 6.07) is 2.13. The summed E-state index contributed by atoms with van der Waals surface area (Å²) in [5.74, 6) is 3.11. The number of hydrogen-bond donors (Lipinski definition) is 2. The second-order valence-electron chi connectivity index (χ2n) is 4.84. The molecule has 1 aromatic rings. The Morgan fingerprint density at radius 3 is 2.89 bits per heavy atom. The first-order valence-corrected chi connectivity index (χ1v) is 6.62. The van der Waals surface area contributed by atoms with Crippen molar-refractivity contribution in [1.82, 2.24) is 9.97 Å². The molecule has 1 fully saturated rings. The van der Waals surface area contributed by atoms with Gasteiger partial charge in [-0.1, -0.05) is 13.8 Å². The normalized spacial score (nSPS) is 23.4. The molecule has 5 nitrogen and oxygen atoms in total. The van der Waals surface area contributed by atoms with Gasteiger partial charge in [0.15, 0.2) is 0 Å². The second-order valence-corrected chi connectivity index (χ2v) is 4.84. The van der Waals surface area contributed by atoms with Crippen LogP contribution in [-0.4, -0.2) is 41.3 Å². The van der Waals surface area contributed by atoms with Crippen LogP contribution in [-0.2, 0) is 6.42 Å². The molecule has 100 valence electrons. The molecule has 0 bridgehead atoms. The van der Waals surface area contributed by atoms with Crippen molar-refractivity contribution in [2.75, 3.05) is 30.4 Å². The highest BCUT2D eigenvalue weighted by Crippen LogP contribution is 2.29. The van der Waals surface area contributed by atoms with Crippen LogP contribution in [0.4, 0.5) is 11.6 Å². The van der Waals surface area contributed by atoms with Gasteiger partial charge in [0.2, 0.25) is 0 Å². The van der Waals surface area contributed by atoms with E-state index in [1.807, 2.05) is 13.1 Å². The van der Waals surface area contributed by atoms with Crippen molar-refractivity contribution in [3.63, 3.8) is 0 Å². The predicted molar refractivity (Wildman–Crippen MR) is 73.0 cm³/mol. The molecule has 0 aliphatic carbocycles.